The number of aromatic amines is 1. The fraction of sp³-hybridized carbons (Fsp3) is 0.278. The van der Waals surface area contributed by atoms with Gasteiger partial charge in [-0.1, -0.05) is 18.2 Å². The Kier molecular flexibility index (Phi) is 4.90. The Morgan fingerprint density at radius 2 is 2.04 bits per heavy atom. The predicted molar refractivity (Wildman–Crippen MR) is 103 cm³/mol. The highest BCUT2D eigenvalue weighted by Crippen LogP contribution is 2.35. The smallest absolute Gasteiger partial charge is 0.287 e. The van der Waals surface area contributed by atoms with Crippen LogP contribution in [-0.2, 0) is 22.1 Å². The molecule has 0 unspecified atom stereocenters. The van der Waals surface area contributed by atoms with Crippen LogP contribution in [0.3, 0.4) is 0 Å². The zero-order valence-electron chi connectivity index (χ0n) is 14.8. The zero-order chi connectivity index (χ0) is 19.7. The summed E-state index contributed by atoms with van der Waals surface area (Å²) in [5.74, 6) is -0.214. The SMILES string of the molecule is O=C(NCc1n[nH]c(=S)n1C1CC1)c1occc1CS(=O)(=O)c1ccccc1. The van der Waals surface area contributed by atoms with Crippen molar-refractivity contribution < 1.29 is 17.6 Å². The molecule has 0 atom stereocenters. The number of rotatable bonds is 7. The van der Waals surface area contributed by atoms with Crippen molar-refractivity contribution in [1.29, 1.82) is 0 Å². The van der Waals surface area contributed by atoms with Crippen LogP contribution in [0.15, 0.2) is 52.0 Å². The molecule has 2 aromatic heterocycles. The van der Waals surface area contributed by atoms with Crippen molar-refractivity contribution in [3.8, 4) is 0 Å². The van der Waals surface area contributed by atoms with E-state index in [9.17, 15) is 13.2 Å². The summed E-state index contributed by atoms with van der Waals surface area (Å²) in [5.41, 5.74) is 0.308. The lowest BCUT2D eigenvalue weighted by molar-refractivity contribution is 0.0920. The second-order valence-electron chi connectivity index (χ2n) is 6.58. The van der Waals surface area contributed by atoms with Crippen molar-refractivity contribution in [3.05, 3.63) is 64.6 Å². The van der Waals surface area contributed by atoms with E-state index in [4.69, 9.17) is 16.6 Å². The first kappa shape index (κ1) is 18.6. The van der Waals surface area contributed by atoms with Crippen molar-refractivity contribution >= 4 is 28.0 Å². The molecule has 0 bridgehead atoms. The Bertz CT molecular complexity index is 1160. The first-order valence-corrected chi connectivity index (χ1v) is 10.8. The van der Waals surface area contributed by atoms with Crippen LogP contribution in [0, 0.1) is 4.77 Å². The van der Waals surface area contributed by atoms with Crippen LogP contribution in [0.5, 0.6) is 0 Å². The predicted octanol–water partition coefficient (Wildman–Crippen LogP) is 2.77. The van der Waals surface area contributed by atoms with Gasteiger partial charge in [-0.15, -0.1) is 0 Å². The van der Waals surface area contributed by atoms with Crippen molar-refractivity contribution in [2.75, 3.05) is 0 Å². The number of furan rings is 1. The van der Waals surface area contributed by atoms with Crippen LogP contribution >= 0.6 is 12.2 Å². The van der Waals surface area contributed by atoms with Gasteiger partial charge in [0.15, 0.2) is 26.2 Å². The quantitative estimate of drug-likeness (QED) is 0.571. The summed E-state index contributed by atoms with van der Waals surface area (Å²) in [6.07, 6.45) is 3.38. The molecule has 2 N–H and O–H groups in total. The van der Waals surface area contributed by atoms with E-state index >= 15 is 0 Å². The second kappa shape index (κ2) is 7.36. The van der Waals surface area contributed by atoms with Gasteiger partial charge in [0.2, 0.25) is 0 Å². The number of amides is 1. The third-order valence-electron chi connectivity index (χ3n) is 4.50. The minimum Gasteiger partial charge on any atom is -0.459 e. The summed E-state index contributed by atoms with van der Waals surface area (Å²) in [6, 6.07) is 9.92. The highest BCUT2D eigenvalue weighted by molar-refractivity contribution is 7.90. The number of carbonyl (C=O) groups is 1. The highest BCUT2D eigenvalue weighted by atomic mass is 32.2. The lowest BCUT2D eigenvalue weighted by atomic mass is 10.2. The first-order valence-electron chi connectivity index (χ1n) is 8.74. The molecular weight excluding hydrogens is 400 g/mol. The fourth-order valence-electron chi connectivity index (χ4n) is 2.98. The molecule has 0 saturated heterocycles. The number of nitrogens with one attached hydrogen (secondary N) is 2. The summed E-state index contributed by atoms with van der Waals surface area (Å²) in [6.45, 7) is 0.161. The van der Waals surface area contributed by atoms with E-state index in [0.717, 1.165) is 12.8 Å². The molecule has 1 aliphatic carbocycles. The van der Waals surface area contributed by atoms with Gasteiger partial charge in [-0.25, -0.2) is 8.42 Å². The van der Waals surface area contributed by atoms with Crippen LogP contribution < -0.4 is 5.32 Å². The van der Waals surface area contributed by atoms with E-state index in [0.29, 0.717) is 22.2 Å². The molecule has 0 spiro atoms. The maximum Gasteiger partial charge on any atom is 0.287 e. The fourth-order valence-corrected chi connectivity index (χ4v) is 4.65. The molecule has 4 rings (SSSR count). The van der Waals surface area contributed by atoms with Gasteiger partial charge in [0.25, 0.3) is 5.91 Å². The molecule has 10 heteroatoms. The molecule has 3 aromatic rings. The Morgan fingerprint density at radius 1 is 1.29 bits per heavy atom. The van der Waals surface area contributed by atoms with Gasteiger partial charge >= 0.3 is 0 Å². The standard InChI is InChI=1S/C18H18N4O4S2/c23-17(19-10-15-20-21-18(27)22(15)13-6-7-13)16-12(8-9-26-16)11-28(24,25)14-4-2-1-3-5-14/h1-5,8-9,13H,6-7,10-11H2,(H,19,23)(H,21,27). The van der Waals surface area contributed by atoms with Crippen molar-refractivity contribution in [2.24, 2.45) is 0 Å². The van der Waals surface area contributed by atoms with E-state index in [1.165, 1.54) is 24.5 Å². The summed E-state index contributed by atoms with van der Waals surface area (Å²) < 4.78 is 32.8. The molecule has 28 heavy (non-hydrogen) atoms. The molecule has 0 aliphatic heterocycles. The number of benzene rings is 1. The van der Waals surface area contributed by atoms with E-state index in [1.54, 1.807) is 18.2 Å². The Morgan fingerprint density at radius 3 is 2.75 bits per heavy atom. The third-order valence-corrected chi connectivity index (χ3v) is 6.47. The van der Waals surface area contributed by atoms with Gasteiger partial charge in [-0.2, -0.15) is 5.10 Å². The normalized spacial score (nSPS) is 14.1. The van der Waals surface area contributed by atoms with E-state index in [2.05, 4.69) is 15.5 Å². The molecule has 1 aromatic carbocycles. The number of sulfone groups is 1. The highest BCUT2D eigenvalue weighted by Gasteiger charge is 2.28. The van der Waals surface area contributed by atoms with E-state index in [-0.39, 0.29) is 23.0 Å². The summed E-state index contributed by atoms with van der Waals surface area (Å²) in [7, 11) is -3.59. The Hall–Kier alpha value is -2.72. The van der Waals surface area contributed by atoms with Gasteiger partial charge in [0, 0.05) is 11.6 Å². The van der Waals surface area contributed by atoms with Crippen molar-refractivity contribution in [2.45, 2.75) is 36.1 Å². The average Bonchev–Trinajstić information content (AvgIpc) is 3.30. The molecule has 1 amide bonds. The number of carbonyl (C=O) groups excluding carboxylic acids is 1. The van der Waals surface area contributed by atoms with Gasteiger partial charge in [0.1, 0.15) is 0 Å². The number of hydrogen-bond donors (Lipinski definition) is 2. The lowest BCUT2D eigenvalue weighted by Gasteiger charge is -2.07. The third kappa shape index (κ3) is 3.78. The second-order valence-corrected chi connectivity index (χ2v) is 8.95. The van der Waals surface area contributed by atoms with E-state index in [1.807, 2.05) is 4.57 Å². The molecule has 2 heterocycles. The van der Waals surface area contributed by atoms with Crippen LogP contribution in [0.25, 0.3) is 0 Å². The number of nitrogens with zero attached hydrogens (tertiary/aromatic N) is 2. The van der Waals surface area contributed by atoms with Crippen LogP contribution in [0.2, 0.25) is 0 Å². The van der Waals surface area contributed by atoms with Crippen LogP contribution in [-0.4, -0.2) is 29.1 Å². The van der Waals surface area contributed by atoms with Crippen LogP contribution in [0.1, 0.15) is 40.8 Å². The summed E-state index contributed by atoms with van der Waals surface area (Å²) in [4.78, 5) is 12.7. The largest absolute Gasteiger partial charge is 0.459 e. The number of aromatic nitrogens is 3. The maximum atomic E-state index is 12.6. The van der Waals surface area contributed by atoms with E-state index < -0.39 is 15.7 Å². The average molecular weight is 419 g/mol. The van der Waals surface area contributed by atoms with Crippen molar-refractivity contribution in [3.63, 3.8) is 0 Å². The molecule has 8 nitrogen and oxygen atoms in total. The van der Waals surface area contributed by atoms with Crippen LogP contribution in [0.4, 0.5) is 0 Å². The molecule has 1 aliphatic rings. The van der Waals surface area contributed by atoms with Gasteiger partial charge in [0.05, 0.1) is 23.5 Å². The molecule has 1 saturated carbocycles. The lowest BCUT2D eigenvalue weighted by Crippen LogP contribution is -2.25. The zero-order valence-corrected chi connectivity index (χ0v) is 16.4. The van der Waals surface area contributed by atoms with Gasteiger partial charge < -0.3 is 9.73 Å². The monoisotopic (exact) mass is 418 g/mol. The first-order chi connectivity index (χ1) is 13.5. The number of hydrogen-bond acceptors (Lipinski definition) is 6. The Labute approximate surface area is 166 Å². The summed E-state index contributed by atoms with van der Waals surface area (Å²) in [5, 5.41) is 9.62. The van der Waals surface area contributed by atoms with Gasteiger partial charge in [-0.05, 0) is 43.3 Å². The molecule has 0 radical (unpaired) electrons. The minimum absolute atomic E-state index is 0.0217. The summed E-state index contributed by atoms with van der Waals surface area (Å²) >= 11 is 5.22. The minimum atomic E-state index is -3.59. The number of H-pyrrole nitrogens is 1. The molecular formula is C18H18N4O4S2. The molecule has 1 fully saturated rings. The topological polar surface area (TPSA) is 110 Å². The Balaban J connectivity index is 1.48. The maximum absolute atomic E-state index is 12.6. The van der Waals surface area contributed by atoms with Crippen molar-refractivity contribution in [1.82, 2.24) is 20.1 Å². The molecule has 146 valence electrons. The van der Waals surface area contributed by atoms with Gasteiger partial charge in [-0.3, -0.25) is 14.5 Å².